The number of hydrogen-bond acceptors (Lipinski definition) is 6. The van der Waals surface area contributed by atoms with Gasteiger partial charge in [0.2, 0.25) is 5.43 Å². The van der Waals surface area contributed by atoms with E-state index in [4.69, 9.17) is 9.47 Å². The third kappa shape index (κ3) is 4.31. The highest BCUT2D eigenvalue weighted by Gasteiger charge is 2.18. The molecule has 4 aromatic rings. The van der Waals surface area contributed by atoms with E-state index in [1.807, 2.05) is 45.0 Å². The molecule has 0 saturated carbocycles. The SMILES string of the molecule is COc1cccc(-c2c(C)sc3ncn(Cc4cc(=O)c(OCC(C)C)c[nH]4)c(=O)c23)c1. The number of benzene rings is 1. The predicted molar refractivity (Wildman–Crippen MR) is 127 cm³/mol. The van der Waals surface area contributed by atoms with Crippen molar-refractivity contribution in [2.45, 2.75) is 27.3 Å². The van der Waals surface area contributed by atoms with Gasteiger partial charge in [0, 0.05) is 28.4 Å². The highest BCUT2D eigenvalue weighted by molar-refractivity contribution is 7.19. The van der Waals surface area contributed by atoms with E-state index >= 15 is 0 Å². The largest absolute Gasteiger partial charge is 0.497 e. The highest BCUT2D eigenvalue weighted by atomic mass is 32.1. The number of nitrogens with one attached hydrogen (secondary N) is 1. The van der Waals surface area contributed by atoms with Gasteiger partial charge in [-0.05, 0) is 30.5 Å². The van der Waals surface area contributed by atoms with E-state index < -0.39 is 0 Å². The number of hydrogen-bond donors (Lipinski definition) is 1. The Morgan fingerprint density at radius 1 is 1.22 bits per heavy atom. The molecule has 3 aromatic heterocycles. The molecular formula is C24H25N3O4S. The molecule has 0 bridgehead atoms. The average molecular weight is 452 g/mol. The van der Waals surface area contributed by atoms with Gasteiger partial charge in [0.1, 0.15) is 10.6 Å². The molecule has 0 amide bonds. The molecule has 7 nitrogen and oxygen atoms in total. The first-order valence-corrected chi connectivity index (χ1v) is 11.2. The predicted octanol–water partition coefficient (Wildman–Crippen LogP) is 4.21. The van der Waals surface area contributed by atoms with Gasteiger partial charge in [-0.15, -0.1) is 11.3 Å². The van der Waals surface area contributed by atoms with E-state index in [0.717, 1.165) is 21.8 Å². The molecule has 8 heteroatoms. The molecular weight excluding hydrogens is 426 g/mol. The van der Waals surface area contributed by atoms with Gasteiger partial charge in [0.15, 0.2) is 5.75 Å². The van der Waals surface area contributed by atoms with Crippen molar-refractivity contribution >= 4 is 21.6 Å². The molecule has 0 aliphatic rings. The summed E-state index contributed by atoms with van der Waals surface area (Å²) in [7, 11) is 1.62. The topological polar surface area (TPSA) is 86.2 Å². The van der Waals surface area contributed by atoms with Crippen molar-refractivity contribution < 1.29 is 9.47 Å². The number of pyridine rings is 1. The van der Waals surface area contributed by atoms with E-state index in [-0.39, 0.29) is 23.3 Å². The second-order valence-electron chi connectivity index (χ2n) is 8.01. The summed E-state index contributed by atoms with van der Waals surface area (Å²) in [5.41, 5.74) is 2.00. The van der Waals surface area contributed by atoms with Crippen LogP contribution in [0.15, 0.2) is 52.4 Å². The minimum absolute atomic E-state index is 0.154. The number of H-pyrrole nitrogens is 1. The van der Waals surface area contributed by atoms with Crippen molar-refractivity contribution in [3.8, 4) is 22.6 Å². The zero-order chi connectivity index (χ0) is 22.8. The summed E-state index contributed by atoms with van der Waals surface area (Å²) in [5.74, 6) is 1.32. The Kier molecular flexibility index (Phi) is 6.14. The van der Waals surface area contributed by atoms with E-state index in [1.54, 1.807) is 13.3 Å². The molecule has 0 saturated heterocycles. The van der Waals surface area contributed by atoms with Crippen molar-refractivity contribution in [1.82, 2.24) is 14.5 Å². The zero-order valence-electron chi connectivity index (χ0n) is 18.5. The van der Waals surface area contributed by atoms with Crippen LogP contribution in [0.1, 0.15) is 24.4 Å². The zero-order valence-corrected chi connectivity index (χ0v) is 19.3. The summed E-state index contributed by atoms with van der Waals surface area (Å²) in [5, 5.41) is 0.572. The van der Waals surface area contributed by atoms with Crippen molar-refractivity contribution in [3.63, 3.8) is 0 Å². The molecule has 166 valence electrons. The maximum Gasteiger partial charge on any atom is 0.263 e. The second-order valence-corrected chi connectivity index (χ2v) is 9.22. The number of fused-ring (bicyclic) bond motifs is 1. The van der Waals surface area contributed by atoms with Crippen molar-refractivity contribution in [3.05, 3.63) is 74.0 Å². The number of rotatable bonds is 7. The van der Waals surface area contributed by atoms with Gasteiger partial charge in [-0.25, -0.2) is 4.98 Å². The van der Waals surface area contributed by atoms with Crippen LogP contribution < -0.4 is 20.5 Å². The maximum atomic E-state index is 13.4. The Balaban J connectivity index is 1.72. The molecule has 0 spiro atoms. The smallest absolute Gasteiger partial charge is 0.263 e. The van der Waals surface area contributed by atoms with Crippen LogP contribution in [0.5, 0.6) is 11.5 Å². The van der Waals surface area contributed by atoms with Crippen LogP contribution in [0.2, 0.25) is 0 Å². The lowest BCUT2D eigenvalue weighted by Crippen LogP contribution is -2.22. The normalized spacial score (nSPS) is 11.3. The van der Waals surface area contributed by atoms with Crippen molar-refractivity contribution in [2.75, 3.05) is 13.7 Å². The third-order valence-corrected chi connectivity index (χ3v) is 6.08. The fraction of sp³-hybridized carbons (Fsp3) is 0.292. The molecule has 0 fully saturated rings. The van der Waals surface area contributed by atoms with Crippen molar-refractivity contribution in [1.29, 1.82) is 0 Å². The molecule has 0 unspecified atom stereocenters. The van der Waals surface area contributed by atoms with Crippen LogP contribution in [0.3, 0.4) is 0 Å². The number of aromatic amines is 1. The lowest BCUT2D eigenvalue weighted by Gasteiger charge is -2.10. The first-order chi connectivity index (χ1) is 15.4. The van der Waals surface area contributed by atoms with Gasteiger partial charge >= 0.3 is 0 Å². The highest BCUT2D eigenvalue weighted by Crippen LogP contribution is 2.36. The number of aromatic nitrogens is 3. The van der Waals surface area contributed by atoms with Crippen molar-refractivity contribution in [2.24, 2.45) is 5.92 Å². The summed E-state index contributed by atoms with van der Waals surface area (Å²) >= 11 is 1.49. The summed E-state index contributed by atoms with van der Waals surface area (Å²) in [4.78, 5) is 35.1. The first-order valence-electron chi connectivity index (χ1n) is 10.3. The van der Waals surface area contributed by atoms with Gasteiger partial charge in [-0.1, -0.05) is 26.0 Å². The van der Waals surface area contributed by atoms with E-state index in [0.29, 0.717) is 28.4 Å². The summed E-state index contributed by atoms with van der Waals surface area (Å²) in [6.07, 6.45) is 3.07. The fourth-order valence-electron chi connectivity index (χ4n) is 3.52. The quantitative estimate of drug-likeness (QED) is 0.455. The third-order valence-electron chi connectivity index (χ3n) is 5.06. The summed E-state index contributed by atoms with van der Waals surface area (Å²) in [6, 6.07) is 9.11. The summed E-state index contributed by atoms with van der Waals surface area (Å²) < 4.78 is 12.4. The monoisotopic (exact) mass is 451 g/mol. The van der Waals surface area contributed by atoms with Crippen LogP contribution in [0, 0.1) is 12.8 Å². The van der Waals surface area contributed by atoms with Crippen LogP contribution in [-0.4, -0.2) is 28.3 Å². The Morgan fingerprint density at radius 3 is 2.75 bits per heavy atom. The molecule has 3 heterocycles. The average Bonchev–Trinajstić information content (AvgIpc) is 3.11. The van der Waals surface area contributed by atoms with Crippen LogP contribution in [-0.2, 0) is 6.54 Å². The molecule has 0 aliphatic carbocycles. The van der Waals surface area contributed by atoms with E-state index in [9.17, 15) is 9.59 Å². The van der Waals surface area contributed by atoms with Crippen LogP contribution in [0.4, 0.5) is 0 Å². The number of methoxy groups -OCH3 is 1. The molecule has 4 rings (SSSR count). The Hall–Kier alpha value is -3.39. The minimum Gasteiger partial charge on any atom is -0.497 e. The van der Waals surface area contributed by atoms with Crippen LogP contribution in [0.25, 0.3) is 21.3 Å². The lowest BCUT2D eigenvalue weighted by atomic mass is 10.0. The van der Waals surface area contributed by atoms with E-state index in [2.05, 4.69) is 9.97 Å². The van der Waals surface area contributed by atoms with Gasteiger partial charge in [0.25, 0.3) is 5.56 Å². The lowest BCUT2D eigenvalue weighted by molar-refractivity contribution is 0.267. The number of aryl methyl sites for hydroxylation is 1. The molecule has 1 aromatic carbocycles. The number of thiophene rings is 1. The van der Waals surface area contributed by atoms with Gasteiger partial charge in [0.05, 0.1) is 32.0 Å². The molecule has 32 heavy (non-hydrogen) atoms. The molecule has 1 N–H and O–H groups in total. The van der Waals surface area contributed by atoms with E-state index in [1.165, 1.54) is 28.3 Å². The molecule has 0 aliphatic heterocycles. The standard InChI is InChI=1S/C24H25N3O4S/c1-14(2)12-31-20-10-25-17(9-19(20)28)11-27-13-26-23-22(24(27)29)21(15(3)32-23)16-6-5-7-18(8-16)30-4/h5-10,13-14H,11-12H2,1-4H3,(H,25,28). The fourth-order valence-corrected chi connectivity index (χ4v) is 4.52. The Morgan fingerprint density at radius 2 is 2.03 bits per heavy atom. The van der Waals surface area contributed by atoms with Gasteiger partial charge in [-0.2, -0.15) is 0 Å². The van der Waals surface area contributed by atoms with Gasteiger partial charge in [-0.3, -0.25) is 14.2 Å². The summed E-state index contributed by atoms with van der Waals surface area (Å²) in [6.45, 7) is 6.69. The molecule has 0 radical (unpaired) electrons. The molecule has 0 atom stereocenters. The Bertz CT molecular complexity index is 1380. The first kappa shape index (κ1) is 21.8. The Labute approximate surface area is 189 Å². The van der Waals surface area contributed by atoms with Crippen LogP contribution >= 0.6 is 11.3 Å². The maximum absolute atomic E-state index is 13.4. The van der Waals surface area contributed by atoms with Gasteiger partial charge < -0.3 is 14.5 Å². The second kappa shape index (κ2) is 9.00. The number of ether oxygens (including phenoxy) is 2. The minimum atomic E-state index is -0.218. The number of nitrogens with zero attached hydrogens (tertiary/aromatic N) is 2.